The minimum absolute atomic E-state index is 0.588. The summed E-state index contributed by atoms with van der Waals surface area (Å²) < 4.78 is 7.75. The van der Waals surface area contributed by atoms with Crippen molar-refractivity contribution in [2.24, 2.45) is 5.92 Å². The summed E-state index contributed by atoms with van der Waals surface area (Å²) in [4.78, 5) is 0. The Bertz CT molecular complexity index is 443. The van der Waals surface area contributed by atoms with Crippen LogP contribution in [-0.4, -0.2) is 13.2 Å². The molecule has 0 saturated heterocycles. The van der Waals surface area contributed by atoms with Gasteiger partial charge in [0.2, 0.25) is 0 Å². The van der Waals surface area contributed by atoms with Crippen LogP contribution in [0.25, 0.3) is 0 Å². The van der Waals surface area contributed by atoms with E-state index in [1.165, 1.54) is 11.1 Å². The second-order valence-corrected chi connectivity index (χ2v) is 7.21. The molecule has 0 amide bonds. The van der Waals surface area contributed by atoms with Gasteiger partial charge in [0.1, 0.15) is 12.4 Å². The van der Waals surface area contributed by atoms with E-state index in [1.807, 2.05) is 0 Å². The van der Waals surface area contributed by atoms with Gasteiger partial charge in [0.25, 0.3) is 0 Å². The van der Waals surface area contributed by atoms with Gasteiger partial charge in [-0.05, 0) is 81.9 Å². The smallest absolute Gasteiger partial charge is 0.148 e. The molecular weight excluding hydrogens is 382 g/mol. The zero-order valence-electron chi connectivity index (χ0n) is 12.6. The van der Waals surface area contributed by atoms with Gasteiger partial charge in [-0.3, -0.25) is 0 Å². The molecule has 0 aliphatic rings. The summed E-state index contributed by atoms with van der Waals surface area (Å²) >= 11 is 7.17. The first kappa shape index (κ1) is 17.7. The van der Waals surface area contributed by atoms with Gasteiger partial charge in [0.15, 0.2) is 0 Å². The summed E-state index contributed by atoms with van der Waals surface area (Å²) in [7, 11) is 0. The van der Waals surface area contributed by atoms with Crippen LogP contribution in [0, 0.1) is 5.92 Å². The van der Waals surface area contributed by atoms with Gasteiger partial charge in [0.05, 0.1) is 8.95 Å². The maximum Gasteiger partial charge on any atom is 0.148 e. The second-order valence-electron chi connectivity index (χ2n) is 5.51. The van der Waals surface area contributed by atoms with E-state index in [2.05, 4.69) is 83.1 Å². The largest absolute Gasteiger partial charge is 0.487 e. The van der Waals surface area contributed by atoms with Crippen molar-refractivity contribution in [3.8, 4) is 5.75 Å². The van der Waals surface area contributed by atoms with E-state index >= 15 is 0 Å². The van der Waals surface area contributed by atoms with Crippen molar-refractivity contribution in [3.63, 3.8) is 0 Å². The topological polar surface area (TPSA) is 21.3 Å². The van der Waals surface area contributed by atoms with Crippen molar-refractivity contribution in [3.05, 3.63) is 38.3 Å². The van der Waals surface area contributed by atoms with Crippen LogP contribution in [0.4, 0.5) is 0 Å². The maximum atomic E-state index is 5.79. The van der Waals surface area contributed by atoms with Crippen LogP contribution in [0.5, 0.6) is 5.75 Å². The summed E-state index contributed by atoms with van der Waals surface area (Å²) in [5.41, 5.74) is 2.49. The molecule has 0 unspecified atom stereocenters. The van der Waals surface area contributed by atoms with Crippen LogP contribution in [0.2, 0.25) is 0 Å². The molecule has 2 nitrogen and oxygen atoms in total. The number of rotatable bonds is 7. The molecular formula is C16H23Br2NO. The lowest BCUT2D eigenvalue weighted by Crippen LogP contribution is -2.19. The summed E-state index contributed by atoms with van der Waals surface area (Å²) in [5.74, 6) is 1.52. The number of halogens is 2. The fourth-order valence-corrected chi connectivity index (χ4v) is 3.16. The Labute approximate surface area is 139 Å². The van der Waals surface area contributed by atoms with E-state index in [-0.39, 0.29) is 0 Å². The minimum Gasteiger partial charge on any atom is -0.487 e. The Kier molecular flexibility index (Phi) is 7.85. The Hall–Kier alpha value is -0.320. The Morgan fingerprint density at radius 1 is 1.25 bits per heavy atom. The Morgan fingerprint density at radius 2 is 1.85 bits per heavy atom. The van der Waals surface area contributed by atoms with Gasteiger partial charge in [-0.2, -0.15) is 0 Å². The quantitative estimate of drug-likeness (QED) is 0.622. The van der Waals surface area contributed by atoms with Crippen molar-refractivity contribution >= 4 is 31.9 Å². The van der Waals surface area contributed by atoms with Gasteiger partial charge in [-0.15, -0.1) is 0 Å². The molecule has 0 bridgehead atoms. The third kappa shape index (κ3) is 6.42. The molecule has 1 aromatic carbocycles. The Balaban J connectivity index is 2.68. The average Bonchev–Trinajstić information content (AvgIpc) is 2.32. The first-order valence-electron chi connectivity index (χ1n) is 6.85. The van der Waals surface area contributed by atoms with Crippen molar-refractivity contribution in [2.75, 3.05) is 13.2 Å². The molecule has 1 aromatic rings. The summed E-state index contributed by atoms with van der Waals surface area (Å²) in [6.45, 7) is 11.0. The lowest BCUT2D eigenvalue weighted by molar-refractivity contribution is 0.357. The first-order chi connectivity index (χ1) is 9.40. The SMILES string of the molecule is CC(C)=CCOc1c(Br)cc(CNCC(C)C)cc1Br. The highest BCUT2D eigenvalue weighted by molar-refractivity contribution is 9.11. The van der Waals surface area contributed by atoms with Crippen molar-refractivity contribution < 1.29 is 4.74 Å². The van der Waals surface area contributed by atoms with Crippen molar-refractivity contribution in [2.45, 2.75) is 34.2 Å². The van der Waals surface area contributed by atoms with Crippen molar-refractivity contribution in [1.82, 2.24) is 5.32 Å². The molecule has 20 heavy (non-hydrogen) atoms. The van der Waals surface area contributed by atoms with E-state index < -0.39 is 0 Å². The summed E-state index contributed by atoms with van der Waals surface area (Å²) in [6, 6.07) is 4.21. The predicted molar refractivity (Wildman–Crippen MR) is 93.3 cm³/mol. The number of benzene rings is 1. The molecule has 112 valence electrons. The van der Waals surface area contributed by atoms with Crippen LogP contribution in [0.15, 0.2) is 32.7 Å². The molecule has 1 rings (SSSR count). The van der Waals surface area contributed by atoms with E-state index in [1.54, 1.807) is 0 Å². The molecule has 0 aromatic heterocycles. The first-order valence-corrected chi connectivity index (χ1v) is 8.43. The number of hydrogen-bond acceptors (Lipinski definition) is 2. The van der Waals surface area contributed by atoms with Crippen LogP contribution < -0.4 is 10.1 Å². The fraction of sp³-hybridized carbons (Fsp3) is 0.500. The maximum absolute atomic E-state index is 5.79. The van der Waals surface area contributed by atoms with Gasteiger partial charge in [-0.25, -0.2) is 0 Å². The highest BCUT2D eigenvalue weighted by atomic mass is 79.9. The van der Waals surface area contributed by atoms with E-state index in [0.29, 0.717) is 12.5 Å². The number of hydrogen-bond donors (Lipinski definition) is 1. The zero-order valence-corrected chi connectivity index (χ0v) is 15.8. The molecule has 0 saturated carbocycles. The highest BCUT2D eigenvalue weighted by Crippen LogP contribution is 2.34. The number of ether oxygens (including phenoxy) is 1. The summed E-state index contributed by atoms with van der Waals surface area (Å²) in [6.07, 6.45) is 2.07. The van der Waals surface area contributed by atoms with Gasteiger partial charge < -0.3 is 10.1 Å². The van der Waals surface area contributed by atoms with Gasteiger partial charge in [0, 0.05) is 6.54 Å². The zero-order chi connectivity index (χ0) is 15.1. The average molecular weight is 405 g/mol. The fourth-order valence-electron chi connectivity index (χ4n) is 1.65. The molecule has 0 aliphatic heterocycles. The monoisotopic (exact) mass is 403 g/mol. The van der Waals surface area contributed by atoms with E-state index in [0.717, 1.165) is 27.8 Å². The van der Waals surface area contributed by atoms with E-state index in [9.17, 15) is 0 Å². The molecule has 4 heteroatoms. The Morgan fingerprint density at radius 3 is 2.35 bits per heavy atom. The van der Waals surface area contributed by atoms with Gasteiger partial charge >= 0.3 is 0 Å². The minimum atomic E-state index is 0.588. The molecule has 0 radical (unpaired) electrons. The number of nitrogens with one attached hydrogen (secondary N) is 1. The predicted octanol–water partition coefficient (Wildman–Crippen LogP) is 5.30. The second kappa shape index (κ2) is 8.85. The third-order valence-corrected chi connectivity index (χ3v) is 3.84. The highest BCUT2D eigenvalue weighted by Gasteiger charge is 2.08. The standard InChI is InChI=1S/C16H23Br2NO/c1-11(2)5-6-20-16-14(17)7-13(8-15(16)18)10-19-9-12(3)4/h5,7-8,12,19H,6,9-10H2,1-4H3. The summed E-state index contributed by atoms with van der Waals surface area (Å²) in [5, 5.41) is 3.44. The normalized spacial score (nSPS) is 10.8. The lowest BCUT2D eigenvalue weighted by Gasteiger charge is -2.12. The molecule has 0 atom stereocenters. The molecule has 0 spiro atoms. The van der Waals surface area contributed by atoms with Crippen LogP contribution >= 0.6 is 31.9 Å². The van der Waals surface area contributed by atoms with Crippen LogP contribution in [-0.2, 0) is 6.54 Å². The van der Waals surface area contributed by atoms with Crippen LogP contribution in [0.1, 0.15) is 33.3 Å². The number of allylic oxidation sites excluding steroid dienone is 1. The van der Waals surface area contributed by atoms with E-state index in [4.69, 9.17) is 4.74 Å². The molecule has 0 heterocycles. The van der Waals surface area contributed by atoms with Crippen LogP contribution in [0.3, 0.4) is 0 Å². The lowest BCUT2D eigenvalue weighted by atomic mass is 10.2. The van der Waals surface area contributed by atoms with Crippen molar-refractivity contribution in [1.29, 1.82) is 0 Å². The third-order valence-electron chi connectivity index (χ3n) is 2.66. The van der Waals surface area contributed by atoms with Gasteiger partial charge in [-0.1, -0.05) is 19.4 Å². The molecule has 0 fully saturated rings. The molecule has 1 N–H and O–H groups in total. The molecule has 0 aliphatic carbocycles.